The van der Waals surface area contributed by atoms with Crippen molar-refractivity contribution in [1.82, 2.24) is 14.3 Å². The van der Waals surface area contributed by atoms with Gasteiger partial charge in [0.15, 0.2) is 0 Å². The van der Waals surface area contributed by atoms with Gasteiger partial charge in [-0.25, -0.2) is 0 Å². The minimum Gasteiger partial charge on any atom is -0.381 e. The second-order valence-electron chi connectivity index (χ2n) is 4.68. The number of nitrogens with one attached hydrogen (secondary N) is 2. The zero-order chi connectivity index (χ0) is 12.3. The number of piperazine rings is 1. The summed E-state index contributed by atoms with van der Waals surface area (Å²) in [4.78, 5) is 0. The Balaban J connectivity index is 1.91. The Morgan fingerprint density at radius 3 is 2.71 bits per heavy atom. The lowest BCUT2D eigenvalue weighted by Gasteiger charge is -2.29. The fraction of sp³-hybridized carbons (Fsp3) is 1.00. The molecule has 7 heteroatoms. The van der Waals surface area contributed by atoms with Crippen LogP contribution in [0, 0.1) is 5.92 Å². The van der Waals surface area contributed by atoms with Gasteiger partial charge < -0.3 is 10.1 Å². The highest BCUT2D eigenvalue weighted by Gasteiger charge is 2.29. The Hall–Kier alpha value is -0.210. The third-order valence-electron chi connectivity index (χ3n) is 3.42. The molecule has 0 aromatic heterocycles. The number of nitrogens with zero attached hydrogens (tertiary/aromatic N) is 1. The molecular weight excluding hydrogens is 242 g/mol. The van der Waals surface area contributed by atoms with Crippen LogP contribution in [-0.2, 0) is 14.9 Å². The minimum absolute atomic E-state index is 0.0580. The van der Waals surface area contributed by atoms with Gasteiger partial charge in [0, 0.05) is 44.7 Å². The van der Waals surface area contributed by atoms with Gasteiger partial charge in [-0.2, -0.15) is 17.4 Å². The van der Waals surface area contributed by atoms with E-state index in [1.54, 1.807) is 0 Å². The quantitative estimate of drug-likeness (QED) is 0.693. The average molecular weight is 263 g/mol. The van der Waals surface area contributed by atoms with Crippen molar-refractivity contribution in [3.63, 3.8) is 0 Å². The highest BCUT2D eigenvalue weighted by atomic mass is 32.2. The molecule has 0 saturated carbocycles. The molecule has 0 aromatic carbocycles. The molecule has 0 spiro atoms. The van der Waals surface area contributed by atoms with Gasteiger partial charge in [-0.3, -0.25) is 0 Å². The van der Waals surface area contributed by atoms with Gasteiger partial charge in [0.05, 0.1) is 6.61 Å². The van der Waals surface area contributed by atoms with Gasteiger partial charge in [0.25, 0.3) is 10.2 Å². The number of hydrogen-bond donors (Lipinski definition) is 2. The van der Waals surface area contributed by atoms with Crippen LogP contribution < -0.4 is 10.0 Å². The van der Waals surface area contributed by atoms with Crippen LogP contribution in [0.4, 0.5) is 0 Å². The molecule has 100 valence electrons. The lowest BCUT2D eigenvalue weighted by molar-refractivity contribution is 0.180. The van der Waals surface area contributed by atoms with Gasteiger partial charge in [-0.15, -0.1) is 0 Å². The summed E-state index contributed by atoms with van der Waals surface area (Å²) in [6.07, 6.45) is 0.936. The topological polar surface area (TPSA) is 70.7 Å². The second kappa shape index (κ2) is 5.62. The molecule has 0 aromatic rings. The SMILES string of the molecule is CC(NS(=O)(=O)N1CCNCC1)C1CCOC1. The summed E-state index contributed by atoms with van der Waals surface area (Å²) < 4.78 is 33.7. The maximum atomic E-state index is 12.1. The molecule has 6 nitrogen and oxygen atoms in total. The van der Waals surface area contributed by atoms with Crippen LogP contribution in [0.1, 0.15) is 13.3 Å². The highest BCUT2D eigenvalue weighted by Crippen LogP contribution is 2.17. The summed E-state index contributed by atoms with van der Waals surface area (Å²) in [7, 11) is -3.33. The third-order valence-corrected chi connectivity index (χ3v) is 5.14. The first-order valence-corrected chi connectivity index (χ1v) is 7.59. The molecule has 2 atom stereocenters. The normalized spacial score (nSPS) is 29.4. The van der Waals surface area contributed by atoms with Gasteiger partial charge in [-0.05, 0) is 13.3 Å². The highest BCUT2D eigenvalue weighted by molar-refractivity contribution is 7.87. The van der Waals surface area contributed by atoms with Crippen LogP contribution in [-0.4, -0.2) is 58.2 Å². The van der Waals surface area contributed by atoms with Crippen molar-refractivity contribution in [1.29, 1.82) is 0 Å². The maximum Gasteiger partial charge on any atom is 0.279 e. The van der Waals surface area contributed by atoms with Gasteiger partial charge >= 0.3 is 0 Å². The molecule has 0 radical (unpaired) electrons. The average Bonchev–Trinajstić information content (AvgIpc) is 2.83. The molecule has 2 unspecified atom stereocenters. The minimum atomic E-state index is -3.33. The first kappa shape index (κ1) is 13.2. The van der Waals surface area contributed by atoms with E-state index in [0.29, 0.717) is 25.6 Å². The van der Waals surface area contributed by atoms with Crippen molar-refractivity contribution < 1.29 is 13.2 Å². The largest absolute Gasteiger partial charge is 0.381 e. The summed E-state index contributed by atoms with van der Waals surface area (Å²) in [6, 6.07) is -0.0580. The van der Waals surface area contributed by atoms with Crippen LogP contribution in [0.25, 0.3) is 0 Å². The Kier molecular flexibility index (Phi) is 4.37. The van der Waals surface area contributed by atoms with Crippen molar-refractivity contribution in [3.05, 3.63) is 0 Å². The van der Waals surface area contributed by atoms with E-state index in [1.165, 1.54) is 4.31 Å². The summed E-state index contributed by atoms with van der Waals surface area (Å²) in [6.45, 7) is 5.85. The molecule has 0 bridgehead atoms. The fourth-order valence-corrected chi connectivity index (χ4v) is 3.71. The van der Waals surface area contributed by atoms with Crippen molar-refractivity contribution in [2.24, 2.45) is 5.92 Å². The Morgan fingerprint density at radius 2 is 2.12 bits per heavy atom. The summed E-state index contributed by atoms with van der Waals surface area (Å²) >= 11 is 0. The van der Waals surface area contributed by atoms with E-state index >= 15 is 0 Å². The van der Waals surface area contributed by atoms with Crippen molar-refractivity contribution in [2.75, 3.05) is 39.4 Å². The van der Waals surface area contributed by atoms with Gasteiger partial charge in [0.1, 0.15) is 0 Å². The molecule has 2 fully saturated rings. The molecule has 17 heavy (non-hydrogen) atoms. The Morgan fingerprint density at radius 1 is 1.41 bits per heavy atom. The van der Waals surface area contributed by atoms with Crippen molar-refractivity contribution in [2.45, 2.75) is 19.4 Å². The predicted octanol–water partition coefficient (Wildman–Crippen LogP) is -0.849. The van der Waals surface area contributed by atoms with Crippen molar-refractivity contribution in [3.8, 4) is 0 Å². The van der Waals surface area contributed by atoms with E-state index in [-0.39, 0.29) is 6.04 Å². The first-order valence-electron chi connectivity index (χ1n) is 6.15. The fourth-order valence-electron chi connectivity index (χ4n) is 2.24. The Labute approximate surface area is 103 Å². The lowest BCUT2D eigenvalue weighted by atomic mass is 10.0. The van der Waals surface area contributed by atoms with Crippen LogP contribution in [0.3, 0.4) is 0 Å². The second-order valence-corrected chi connectivity index (χ2v) is 6.39. The molecule has 0 aliphatic carbocycles. The number of rotatable bonds is 4. The molecule has 2 saturated heterocycles. The summed E-state index contributed by atoms with van der Waals surface area (Å²) in [5.74, 6) is 0.299. The predicted molar refractivity (Wildman–Crippen MR) is 64.9 cm³/mol. The van der Waals surface area contributed by atoms with Gasteiger partial charge in [-0.1, -0.05) is 0 Å². The Bertz CT molecular complexity index is 335. The molecule has 2 N–H and O–H groups in total. The number of hydrogen-bond acceptors (Lipinski definition) is 4. The first-order chi connectivity index (χ1) is 8.09. The van der Waals surface area contributed by atoms with Gasteiger partial charge in [0.2, 0.25) is 0 Å². The standard InChI is InChI=1S/C10H21N3O3S/c1-9(10-2-7-16-8-10)12-17(14,15)13-5-3-11-4-6-13/h9-12H,2-8H2,1H3. The monoisotopic (exact) mass is 263 g/mol. The van der Waals surface area contributed by atoms with Crippen LogP contribution in [0.5, 0.6) is 0 Å². The zero-order valence-corrected chi connectivity index (χ0v) is 11.0. The van der Waals surface area contributed by atoms with E-state index in [4.69, 9.17) is 4.74 Å². The van der Waals surface area contributed by atoms with Crippen molar-refractivity contribution >= 4 is 10.2 Å². The van der Waals surface area contributed by atoms with Crippen LogP contribution in [0.2, 0.25) is 0 Å². The van der Waals surface area contributed by atoms with E-state index in [0.717, 1.165) is 26.1 Å². The third kappa shape index (κ3) is 3.38. The molecule has 2 rings (SSSR count). The van der Waals surface area contributed by atoms with E-state index in [2.05, 4.69) is 10.0 Å². The van der Waals surface area contributed by atoms with E-state index < -0.39 is 10.2 Å². The van der Waals surface area contributed by atoms with Crippen LogP contribution >= 0.6 is 0 Å². The molecule has 2 aliphatic heterocycles. The smallest absolute Gasteiger partial charge is 0.279 e. The summed E-state index contributed by atoms with van der Waals surface area (Å²) in [5.41, 5.74) is 0. The maximum absolute atomic E-state index is 12.1. The molecular formula is C10H21N3O3S. The van der Waals surface area contributed by atoms with E-state index in [1.807, 2.05) is 6.92 Å². The molecule has 2 aliphatic rings. The number of ether oxygens (including phenoxy) is 1. The van der Waals surface area contributed by atoms with Crippen LogP contribution in [0.15, 0.2) is 0 Å². The van der Waals surface area contributed by atoms with E-state index in [9.17, 15) is 8.42 Å². The summed E-state index contributed by atoms with van der Waals surface area (Å²) in [5, 5.41) is 3.14. The zero-order valence-electron chi connectivity index (χ0n) is 10.2. The molecule has 2 heterocycles. The lowest BCUT2D eigenvalue weighted by Crippen LogP contribution is -2.53. The molecule has 0 amide bonds.